The van der Waals surface area contributed by atoms with Gasteiger partial charge in [0.15, 0.2) is 5.75 Å². The molecule has 0 atom stereocenters. The Morgan fingerprint density at radius 1 is 1.27 bits per heavy atom. The molecule has 0 N–H and O–H groups in total. The van der Waals surface area contributed by atoms with Gasteiger partial charge in [0, 0.05) is 38.8 Å². The van der Waals surface area contributed by atoms with Gasteiger partial charge < -0.3 is 14.5 Å². The van der Waals surface area contributed by atoms with E-state index < -0.39 is 18.2 Å². The van der Waals surface area contributed by atoms with E-state index in [0.717, 1.165) is 0 Å². The molecule has 3 heterocycles. The van der Waals surface area contributed by atoms with Crippen molar-refractivity contribution < 1.29 is 27.5 Å². The van der Waals surface area contributed by atoms with Crippen LogP contribution in [0.3, 0.4) is 0 Å². The van der Waals surface area contributed by atoms with Crippen LogP contribution >= 0.6 is 0 Å². The zero-order valence-corrected chi connectivity index (χ0v) is 14.0. The molecule has 1 amide bonds. The Labute approximate surface area is 148 Å². The van der Waals surface area contributed by atoms with Gasteiger partial charge in [-0.2, -0.15) is 13.2 Å². The zero-order chi connectivity index (χ0) is 18.6. The molecule has 0 aliphatic carbocycles. The minimum Gasteiger partial charge on any atom is -0.436 e. The summed E-state index contributed by atoms with van der Waals surface area (Å²) in [5.74, 6) is 0.634. The third-order valence-electron chi connectivity index (χ3n) is 4.47. The van der Waals surface area contributed by atoms with E-state index in [9.17, 15) is 18.0 Å². The van der Waals surface area contributed by atoms with E-state index in [2.05, 4.69) is 15.1 Å². The first-order valence-corrected chi connectivity index (χ1v) is 8.38. The second-order valence-electron chi connectivity index (χ2n) is 6.46. The minimum atomic E-state index is -4.22. The first kappa shape index (κ1) is 18.4. The lowest BCUT2D eigenvalue weighted by Gasteiger charge is -2.37. The van der Waals surface area contributed by atoms with Crippen molar-refractivity contribution in [3.8, 4) is 5.75 Å². The number of oxime groups is 1. The van der Waals surface area contributed by atoms with Crippen LogP contribution in [0.5, 0.6) is 5.75 Å². The summed E-state index contributed by atoms with van der Waals surface area (Å²) in [5, 5.41) is 3.96. The van der Waals surface area contributed by atoms with Crippen LogP contribution in [0, 0.1) is 0 Å². The highest BCUT2D eigenvalue weighted by Gasteiger charge is 2.43. The molecule has 142 valence electrons. The minimum absolute atomic E-state index is 0.0910. The third-order valence-corrected chi connectivity index (χ3v) is 4.47. The number of carbonyl (C=O) groups is 1. The molecule has 2 aliphatic rings. The van der Waals surface area contributed by atoms with Gasteiger partial charge in [-0.3, -0.25) is 4.79 Å². The average Bonchev–Trinajstić information content (AvgIpc) is 2.97. The van der Waals surface area contributed by atoms with Gasteiger partial charge >= 0.3 is 6.18 Å². The number of aromatic nitrogens is 2. The van der Waals surface area contributed by atoms with E-state index in [1.165, 1.54) is 18.7 Å². The van der Waals surface area contributed by atoms with Gasteiger partial charge in [0.25, 0.3) is 0 Å². The molecule has 10 heteroatoms. The Morgan fingerprint density at radius 3 is 2.62 bits per heavy atom. The van der Waals surface area contributed by atoms with Gasteiger partial charge in [0.05, 0.1) is 18.8 Å². The lowest BCUT2D eigenvalue weighted by atomic mass is 9.88. The normalized spacial score (nSPS) is 19.2. The number of amides is 1. The largest absolute Gasteiger partial charge is 0.436 e. The summed E-state index contributed by atoms with van der Waals surface area (Å²) in [6, 6.07) is 0. The summed E-state index contributed by atoms with van der Waals surface area (Å²) >= 11 is 0. The molecular formula is C16H19F3N4O3. The van der Waals surface area contributed by atoms with Crippen molar-refractivity contribution in [1.82, 2.24) is 14.9 Å². The van der Waals surface area contributed by atoms with Crippen molar-refractivity contribution in [2.24, 2.45) is 5.16 Å². The van der Waals surface area contributed by atoms with Crippen molar-refractivity contribution in [3.05, 3.63) is 18.7 Å². The van der Waals surface area contributed by atoms with Crippen molar-refractivity contribution in [3.63, 3.8) is 0 Å². The lowest BCUT2D eigenvalue weighted by Crippen LogP contribution is -2.47. The fourth-order valence-corrected chi connectivity index (χ4v) is 3.05. The molecule has 0 radical (unpaired) electrons. The highest BCUT2D eigenvalue weighted by atomic mass is 19.4. The molecule has 0 bridgehead atoms. The van der Waals surface area contributed by atoms with E-state index in [0.29, 0.717) is 44.0 Å². The fourth-order valence-electron chi connectivity index (χ4n) is 3.05. The predicted octanol–water partition coefficient (Wildman–Crippen LogP) is 2.68. The van der Waals surface area contributed by atoms with E-state index in [1.54, 1.807) is 4.90 Å². The number of rotatable bonds is 4. The van der Waals surface area contributed by atoms with Gasteiger partial charge in [0.2, 0.25) is 11.8 Å². The second-order valence-corrected chi connectivity index (χ2v) is 6.46. The molecule has 0 aromatic carbocycles. The zero-order valence-electron chi connectivity index (χ0n) is 14.0. The monoisotopic (exact) mass is 372 g/mol. The Kier molecular flexibility index (Phi) is 5.28. The van der Waals surface area contributed by atoms with Crippen LogP contribution in [-0.2, 0) is 9.63 Å². The van der Waals surface area contributed by atoms with Crippen LogP contribution in [0.25, 0.3) is 0 Å². The number of halogens is 3. The molecule has 26 heavy (non-hydrogen) atoms. The van der Waals surface area contributed by atoms with Gasteiger partial charge in [0.1, 0.15) is 11.9 Å². The molecule has 1 saturated heterocycles. The first-order valence-electron chi connectivity index (χ1n) is 8.38. The van der Waals surface area contributed by atoms with Crippen LogP contribution in [0.1, 0.15) is 38.5 Å². The maximum Gasteiger partial charge on any atom is 0.389 e. The van der Waals surface area contributed by atoms with Crippen LogP contribution in [0.4, 0.5) is 13.2 Å². The number of alkyl halides is 3. The molecule has 0 unspecified atom stereocenters. The number of carbonyl (C=O) groups excluding carboxylic acids is 1. The Morgan fingerprint density at radius 2 is 1.96 bits per heavy atom. The molecule has 7 nitrogen and oxygen atoms in total. The number of nitrogens with zero attached hydrogens (tertiary/aromatic N) is 4. The van der Waals surface area contributed by atoms with Crippen molar-refractivity contribution in [2.45, 2.75) is 50.3 Å². The van der Waals surface area contributed by atoms with Gasteiger partial charge in [-0.1, -0.05) is 5.16 Å². The predicted molar refractivity (Wildman–Crippen MR) is 84.2 cm³/mol. The van der Waals surface area contributed by atoms with E-state index >= 15 is 0 Å². The SMILES string of the molecule is O=C(CCCC(F)(F)F)N1CCC2(CC1)CC(Oc1cncnc1)=NO2. The summed E-state index contributed by atoms with van der Waals surface area (Å²) < 4.78 is 42.1. The smallest absolute Gasteiger partial charge is 0.389 e. The molecule has 0 saturated carbocycles. The summed E-state index contributed by atoms with van der Waals surface area (Å²) in [5.41, 5.74) is -0.520. The number of hydrogen-bond donors (Lipinski definition) is 0. The van der Waals surface area contributed by atoms with Gasteiger partial charge in [-0.05, 0) is 6.42 Å². The molecule has 2 aliphatic heterocycles. The summed E-state index contributed by atoms with van der Waals surface area (Å²) in [4.78, 5) is 26.9. The highest BCUT2D eigenvalue weighted by molar-refractivity contribution is 5.80. The Bertz CT molecular complexity index is 658. The maximum atomic E-state index is 12.2. The molecular weight excluding hydrogens is 353 g/mol. The van der Waals surface area contributed by atoms with Crippen molar-refractivity contribution >= 4 is 11.8 Å². The first-order chi connectivity index (χ1) is 12.4. The lowest BCUT2D eigenvalue weighted by molar-refractivity contribution is -0.142. The second kappa shape index (κ2) is 7.46. The molecule has 1 aromatic heterocycles. The van der Waals surface area contributed by atoms with Crippen LogP contribution < -0.4 is 4.74 Å². The quantitative estimate of drug-likeness (QED) is 0.812. The molecule has 1 aromatic rings. The Balaban J connectivity index is 1.43. The number of piperidine rings is 1. The fraction of sp³-hybridized carbons (Fsp3) is 0.625. The van der Waals surface area contributed by atoms with Gasteiger partial charge in [-0.15, -0.1) is 0 Å². The third kappa shape index (κ3) is 4.83. The van der Waals surface area contributed by atoms with E-state index in [4.69, 9.17) is 9.57 Å². The van der Waals surface area contributed by atoms with Crippen molar-refractivity contribution in [2.75, 3.05) is 13.1 Å². The molecule has 1 spiro atoms. The van der Waals surface area contributed by atoms with Gasteiger partial charge in [-0.25, -0.2) is 9.97 Å². The van der Waals surface area contributed by atoms with Crippen LogP contribution in [-0.4, -0.2) is 51.5 Å². The van der Waals surface area contributed by atoms with Crippen molar-refractivity contribution in [1.29, 1.82) is 0 Å². The highest BCUT2D eigenvalue weighted by Crippen LogP contribution is 2.35. The summed E-state index contributed by atoms with van der Waals surface area (Å²) in [7, 11) is 0. The molecule has 3 rings (SSSR count). The van der Waals surface area contributed by atoms with Crippen LogP contribution in [0.15, 0.2) is 23.9 Å². The topological polar surface area (TPSA) is 76.9 Å². The van der Waals surface area contributed by atoms with Crippen LogP contribution in [0.2, 0.25) is 0 Å². The summed E-state index contributed by atoms with van der Waals surface area (Å²) in [6.07, 6.45) is 0.581. The standard InChI is InChI=1S/C16H19F3N4O3/c17-16(18,19)3-1-2-14(24)23-6-4-15(5-7-23)8-13(22-26-15)25-12-9-20-11-21-10-12/h9-11H,1-8H2. The van der Waals surface area contributed by atoms with E-state index in [-0.39, 0.29) is 18.7 Å². The van der Waals surface area contributed by atoms with E-state index in [1.807, 2.05) is 0 Å². The summed E-state index contributed by atoms with van der Waals surface area (Å²) in [6.45, 7) is 0.865. The number of hydrogen-bond acceptors (Lipinski definition) is 6. The number of likely N-dealkylation sites (tertiary alicyclic amines) is 1. The average molecular weight is 372 g/mol. The number of ether oxygens (including phenoxy) is 1. The maximum absolute atomic E-state index is 12.2. The molecule has 1 fully saturated rings. The Hall–Kier alpha value is -2.39.